The summed E-state index contributed by atoms with van der Waals surface area (Å²) in [7, 11) is 1.67. The first-order valence-corrected chi connectivity index (χ1v) is 6.64. The minimum Gasteiger partial charge on any atom is -0.477 e. The van der Waals surface area contributed by atoms with Crippen molar-refractivity contribution in [1.82, 2.24) is 4.98 Å². The Hall–Kier alpha value is -1.85. The normalized spacial score (nSPS) is 10.2. The van der Waals surface area contributed by atoms with Gasteiger partial charge in [-0.1, -0.05) is 32.6 Å². The Morgan fingerprint density at radius 2 is 2.05 bits per heavy atom. The number of rotatable bonds is 9. The van der Waals surface area contributed by atoms with E-state index in [1.54, 1.807) is 7.05 Å². The highest BCUT2D eigenvalue weighted by atomic mass is 16.6. The first kappa shape index (κ1) is 15.2. The van der Waals surface area contributed by atoms with Crippen LogP contribution in [0, 0.1) is 10.1 Å². The van der Waals surface area contributed by atoms with Gasteiger partial charge in [0.15, 0.2) is 0 Å². The highest BCUT2D eigenvalue weighted by Gasteiger charge is 2.11. The van der Waals surface area contributed by atoms with Crippen LogP contribution in [0.1, 0.15) is 39.0 Å². The summed E-state index contributed by atoms with van der Waals surface area (Å²) in [6.45, 7) is 2.71. The lowest BCUT2D eigenvalue weighted by Crippen LogP contribution is -2.02. The molecule has 0 aliphatic rings. The number of ether oxygens (including phenoxy) is 1. The largest absolute Gasteiger partial charge is 0.477 e. The van der Waals surface area contributed by atoms with E-state index in [9.17, 15) is 10.1 Å². The van der Waals surface area contributed by atoms with Crippen LogP contribution < -0.4 is 10.1 Å². The lowest BCUT2D eigenvalue weighted by atomic mass is 10.2. The highest BCUT2D eigenvalue weighted by Crippen LogP contribution is 2.22. The highest BCUT2D eigenvalue weighted by molar-refractivity contribution is 5.47. The van der Waals surface area contributed by atoms with Gasteiger partial charge >= 0.3 is 0 Å². The minimum atomic E-state index is -0.448. The summed E-state index contributed by atoms with van der Waals surface area (Å²) in [4.78, 5) is 14.4. The van der Waals surface area contributed by atoms with Crippen LogP contribution in [-0.2, 0) is 0 Å². The molecule has 0 radical (unpaired) electrons. The molecule has 0 aromatic carbocycles. The van der Waals surface area contributed by atoms with Crippen LogP contribution in [0.25, 0.3) is 0 Å². The van der Waals surface area contributed by atoms with Crippen LogP contribution in [-0.4, -0.2) is 23.6 Å². The van der Waals surface area contributed by atoms with E-state index in [-0.39, 0.29) is 5.69 Å². The number of nitrogens with one attached hydrogen (secondary N) is 1. The van der Waals surface area contributed by atoms with E-state index in [0.29, 0.717) is 18.3 Å². The molecule has 6 heteroatoms. The van der Waals surface area contributed by atoms with Gasteiger partial charge in [-0.15, -0.1) is 0 Å². The monoisotopic (exact) mass is 267 g/mol. The Morgan fingerprint density at radius 3 is 2.68 bits per heavy atom. The first-order valence-electron chi connectivity index (χ1n) is 6.64. The van der Waals surface area contributed by atoms with Crippen LogP contribution in [0.15, 0.2) is 12.1 Å². The summed E-state index contributed by atoms with van der Waals surface area (Å²) in [5, 5.41) is 13.5. The second-order valence-electron chi connectivity index (χ2n) is 4.32. The lowest BCUT2D eigenvalue weighted by Gasteiger charge is -2.07. The fourth-order valence-corrected chi connectivity index (χ4v) is 1.68. The summed E-state index contributed by atoms with van der Waals surface area (Å²) in [6.07, 6.45) is 5.70. The van der Waals surface area contributed by atoms with Crippen molar-refractivity contribution in [1.29, 1.82) is 0 Å². The van der Waals surface area contributed by atoms with Crippen LogP contribution in [0.2, 0.25) is 0 Å². The topological polar surface area (TPSA) is 77.3 Å². The van der Waals surface area contributed by atoms with Crippen LogP contribution >= 0.6 is 0 Å². The number of nitro groups is 1. The van der Waals surface area contributed by atoms with E-state index in [4.69, 9.17) is 4.74 Å². The van der Waals surface area contributed by atoms with E-state index in [0.717, 1.165) is 12.8 Å². The number of hydrogen-bond donors (Lipinski definition) is 1. The second-order valence-corrected chi connectivity index (χ2v) is 4.32. The standard InChI is InChI=1S/C13H21N3O3/c1-3-4-5-6-7-8-19-13-10-11(16(17)18)9-12(14-2)15-13/h9-10H,3-8H2,1-2H3,(H,14,15). The van der Waals surface area contributed by atoms with Crippen molar-refractivity contribution in [3.63, 3.8) is 0 Å². The molecule has 1 heterocycles. The summed E-state index contributed by atoms with van der Waals surface area (Å²) in [5.41, 5.74) is -0.0136. The molecule has 6 nitrogen and oxygen atoms in total. The van der Waals surface area contributed by atoms with E-state index in [1.807, 2.05) is 0 Å². The van der Waals surface area contributed by atoms with Gasteiger partial charge in [0.05, 0.1) is 23.7 Å². The van der Waals surface area contributed by atoms with Gasteiger partial charge in [0.25, 0.3) is 5.69 Å². The maximum absolute atomic E-state index is 10.8. The summed E-state index contributed by atoms with van der Waals surface area (Å²) >= 11 is 0. The molecule has 0 unspecified atom stereocenters. The van der Waals surface area contributed by atoms with Crippen molar-refractivity contribution >= 4 is 11.5 Å². The quantitative estimate of drug-likeness (QED) is 0.421. The summed E-state index contributed by atoms with van der Waals surface area (Å²) in [6, 6.07) is 2.74. The average Bonchev–Trinajstić information content (AvgIpc) is 2.42. The van der Waals surface area contributed by atoms with Gasteiger partial charge in [0, 0.05) is 7.05 Å². The predicted octanol–water partition coefficient (Wildman–Crippen LogP) is 3.38. The average molecular weight is 267 g/mol. The van der Waals surface area contributed by atoms with Crippen molar-refractivity contribution in [2.75, 3.05) is 19.0 Å². The molecule has 0 spiro atoms. The predicted molar refractivity (Wildman–Crippen MR) is 74.7 cm³/mol. The third kappa shape index (κ3) is 5.54. The second kappa shape index (κ2) is 8.29. The van der Waals surface area contributed by atoms with Crippen LogP contribution in [0.5, 0.6) is 5.88 Å². The van der Waals surface area contributed by atoms with E-state index >= 15 is 0 Å². The minimum absolute atomic E-state index is 0.0136. The molecule has 0 saturated carbocycles. The van der Waals surface area contributed by atoms with Gasteiger partial charge in [-0.05, 0) is 6.42 Å². The molecule has 0 aliphatic heterocycles. The summed E-state index contributed by atoms with van der Waals surface area (Å²) in [5.74, 6) is 0.740. The molecule has 0 fully saturated rings. The zero-order valence-corrected chi connectivity index (χ0v) is 11.5. The fourth-order valence-electron chi connectivity index (χ4n) is 1.68. The van der Waals surface area contributed by atoms with E-state index in [2.05, 4.69) is 17.2 Å². The zero-order chi connectivity index (χ0) is 14.1. The molecule has 0 aliphatic carbocycles. The van der Waals surface area contributed by atoms with Gasteiger partial charge in [-0.3, -0.25) is 10.1 Å². The number of nitrogens with zero attached hydrogens (tertiary/aromatic N) is 2. The summed E-state index contributed by atoms with van der Waals surface area (Å²) < 4.78 is 5.46. The Labute approximate surface area is 113 Å². The van der Waals surface area contributed by atoms with Gasteiger partial charge in [-0.25, -0.2) is 0 Å². The molecular weight excluding hydrogens is 246 g/mol. The van der Waals surface area contributed by atoms with Gasteiger partial charge in [-0.2, -0.15) is 4.98 Å². The molecular formula is C13H21N3O3. The van der Waals surface area contributed by atoms with E-state index in [1.165, 1.54) is 31.4 Å². The molecule has 1 N–H and O–H groups in total. The first-order chi connectivity index (χ1) is 9.17. The Balaban J connectivity index is 2.48. The Kier molecular flexibility index (Phi) is 6.63. The molecule has 0 amide bonds. The number of pyridine rings is 1. The third-order valence-electron chi connectivity index (χ3n) is 2.75. The van der Waals surface area contributed by atoms with Crippen LogP contribution in [0.3, 0.4) is 0 Å². The number of aromatic nitrogens is 1. The molecule has 1 aromatic rings. The Bertz CT molecular complexity index is 410. The lowest BCUT2D eigenvalue weighted by molar-refractivity contribution is -0.384. The fraction of sp³-hybridized carbons (Fsp3) is 0.615. The molecule has 106 valence electrons. The van der Waals surface area contributed by atoms with Crippen LogP contribution in [0.4, 0.5) is 11.5 Å². The van der Waals surface area contributed by atoms with Crippen molar-refractivity contribution in [2.45, 2.75) is 39.0 Å². The van der Waals surface area contributed by atoms with Crippen molar-refractivity contribution in [3.05, 3.63) is 22.2 Å². The maximum Gasteiger partial charge on any atom is 0.278 e. The van der Waals surface area contributed by atoms with Gasteiger partial charge in [0.1, 0.15) is 5.82 Å². The molecule has 19 heavy (non-hydrogen) atoms. The number of anilines is 1. The molecule has 0 saturated heterocycles. The molecule has 1 rings (SSSR count). The molecule has 0 bridgehead atoms. The van der Waals surface area contributed by atoms with Crippen molar-refractivity contribution < 1.29 is 9.66 Å². The molecule has 0 atom stereocenters. The van der Waals surface area contributed by atoms with Crippen molar-refractivity contribution in [2.24, 2.45) is 0 Å². The van der Waals surface area contributed by atoms with Crippen molar-refractivity contribution in [3.8, 4) is 5.88 Å². The molecule has 1 aromatic heterocycles. The maximum atomic E-state index is 10.8. The number of unbranched alkanes of at least 4 members (excludes halogenated alkanes) is 4. The van der Waals surface area contributed by atoms with Gasteiger partial charge < -0.3 is 10.1 Å². The smallest absolute Gasteiger partial charge is 0.278 e. The number of hydrogen-bond acceptors (Lipinski definition) is 5. The third-order valence-corrected chi connectivity index (χ3v) is 2.75. The Morgan fingerprint density at radius 1 is 1.32 bits per heavy atom. The SMILES string of the molecule is CCCCCCCOc1cc([N+](=O)[O-])cc(NC)n1. The zero-order valence-electron chi connectivity index (χ0n) is 11.5. The van der Waals surface area contributed by atoms with E-state index < -0.39 is 4.92 Å². The van der Waals surface area contributed by atoms with Gasteiger partial charge in [0.2, 0.25) is 5.88 Å².